The van der Waals surface area contributed by atoms with Crippen molar-refractivity contribution in [3.63, 3.8) is 0 Å². The molecule has 2 unspecified atom stereocenters. The summed E-state index contributed by atoms with van der Waals surface area (Å²) in [6.07, 6.45) is 4.19. The van der Waals surface area contributed by atoms with Crippen LogP contribution in [-0.2, 0) is 7.05 Å². The van der Waals surface area contributed by atoms with Gasteiger partial charge < -0.3 is 10.5 Å². The minimum Gasteiger partial charge on any atom is -0.485 e. The number of halogens is 1. The number of benzene rings is 1. The topological polar surface area (TPSA) is 53.1 Å². The zero-order valence-corrected chi connectivity index (χ0v) is 10.0. The maximum absolute atomic E-state index is 13.2. The zero-order valence-electron chi connectivity index (χ0n) is 10.0. The number of nitrogens with two attached hydrogens (primary N) is 1. The van der Waals surface area contributed by atoms with Gasteiger partial charge in [0.2, 0.25) is 0 Å². The smallest absolute Gasteiger partial charge is 0.129 e. The molecular formula is C13H14FN3O. The summed E-state index contributed by atoms with van der Waals surface area (Å²) in [5, 5.41) is 4.12. The van der Waals surface area contributed by atoms with Gasteiger partial charge in [0.1, 0.15) is 17.7 Å². The Morgan fingerprint density at radius 3 is 3.06 bits per heavy atom. The summed E-state index contributed by atoms with van der Waals surface area (Å²) in [5.41, 5.74) is 7.80. The summed E-state index contributed by atoms with van der Waals surface area (Å²) in [5.74, 6) is 0.372. The maximum Gasteiger partial charge on any atom is 0.129 e. The van der Waals surface area contributed by atoms with Gasteiger partial charge in [-0.3, -0.25) is 4.68 Å². The van der Waals surface area contributed by atoms with Crippen LogP contribution in [0.2, 0.25) is 0 Å². The van der Waals surface area contributed by atoms with Gasteiger partial charge in [-0.2, -0.15) is 5.10 Å². The Labute approximate surface area is 104 Å². The van der Waals surface area contributed by atoms with E-state index in [0.29, 0.717) is 12.2 Å². The molecule has 5 heteroatoms. The molecule has 0 spiro atoms. The van der Waals surface area contributed by atoms with E-state index in [-0.39, 0.29) is 18.0 Å². The van der Waals surface area contributed by atoms with Crippen LogP contribution in [0.15, 0.2) is 30.6 Å². The Balaban J connectivity index is 1.94. The van der Waals surface area contributed by atoms with Crippen LogP contribution in [0, 0.1) is 5.82 Å². The third-order valence-electron chi connectivity index (χ3n) is 3.21. The van der Waals surface area contributed by atoms with Gasteiger partial charge in [0, 0.05) is 36.8 Å². The SMILES string of the molecule is Cn1cc(C2CC(N)c3cc(F)ccc3O2)cn1. The lowest BCUT2D eigenvalue weighted by atomic mass is 9.95. The molecular weight excluding hydrogens is 233 g/mol. The summed E-state index contributed by atoms with van der Waals surface area (Å²) in [7, 11) is 1.86. The fourth-order valence-corrected chi connectivity index (χ4v) is 2.29. The van der Waals surface area contributed by atoms with Gasteiger partial charge in [-0.1, -0.05) is 0 Å². The van der Waals surface area contributed by atoms with E-state index in [1.165, 1.54) is 12.1 Å². The molecule has 0 radical (unpaired) electrons. The first-order chi connectivity index (χ1) is 8.63. The highest BCUT2D eigenvalue weighted by Crippen LogP contribution is 2.39. The summed E-state index contributed by atoms with van der Waals surface area (Å²) in [6.45, 7) is 0. The van der Waals surface area contributed by atoms with E-state index in [2.05, 4.69) is 5.10 Å². The first kappa shape index (κ1) is 11.2. The van der Waals surface area contributed by atoms with E-state index in [0.717, 1.165) is 11.1 Å². The van der Waals surface area contributed by atoms with Gasteiger partial charge >= 0.3 is 0 Å². The van der Waals surface area contributed by atoms with Crippen LogP contribution in [0.3, 0.4) is 0 Å². The van der Waals surface area contributed by atoms with Crippen molar-refractivity contribution in [3.8, 4) is 5.75 Å². The Bertz CT molecular complexity index is 581. The molecule has 0 fully saturated rings. The molecule has 1 aliphatic rings. The number of aromatic nitrogens is 2. The van der Waals surface area contributed by atoms with E-state index < -0.39 is 0 Å². The molecule has 0 aliphatic carbocycles. The normalized spacial score (nSPS) is 22.4. The second-order valence-electron chi connectivity index (χ2n) is 4.58. The van der Waals surface area contributed by atoms with Gasteiger partial charge in [-0.15, -0.1) is 0 Å². The van der Waals surface area contributed by atoms with E-state index in [1.807, 2.05) is 13.2 Å². The summed E-state index contributed by atoms with van der Waals surface area (Å²) in [4.78, 5) is 0. The van der Waals surface area contributed by atoms with Crippen molar-refractivity contribution in [2.75, 3.05) is 0 Å². The molecule has 1 aromatic carbocycles. The van der Waals surface area contributed by atoms with Crippen LogP contribution in [0.1, 0.15) is 29.7 Å². The molecule has 2 aromatic rings. The molecule has 2 atom stereocenters. The average Bonchev–Trinajstić information content (AvgIpc) is 2.77. The Kier molecular flexibility index (Phi) is 2.56. The molecule has 0 saturated carbocycles. The fraction of sp³-hybridized carbons (Fsp3) is 0.308. The molecule has 0 bridgehead atoms. The highest BCUT2D eigenvalue weighted by Gasteiger charge is 2.28. The van der Waals surface area contributed by atoms with E-state index in [9.17, 15) is 4.39 Å². The molecule has 3 rings (SSSR count). The number of rotatable bonds is 1. The lowest BCUT2D eigenvalue weighted by molar-refractivity contribution is 0.161. The lowest BCUT2D eigenvalue weighted by Crippen LogP contribution is -2.24. The van der Waals surface area contributed by atoms with Gasteiger partial charge in [0.15, 0.2) is 0 Å². The lowest BCUT2D eigenvalue weighted by Gasteiger charge is -2.29. The molecule has 2 heterocycles. The third-order valence-corrected chi connectivity index (χ3v) is 3.21. The number of hydrogen-bond donors (Lipinski definition) is 1. The fourth-order valence-electron chi connectivity index (χ4n) is 2.29. The van der Waals surface area contributed by atoms with Gasteiger partial charge in [-0.05, 0) is 18.2 Å². The van der Waals surface area contributed by atoms with Gasteiger partial charge in [0.25, 0.3) is 0 Å². The van der Waals surface area contributed by atoms with Crippen molar-refractivity contribution in [3.05, 3.63) is 47.5 Å². The average molecular weight is 247 g/mol. The first-order valence-corrected chi connectivity index (χ1v) is 5.83. The minimum atomic E-state index is -0.285. The zero-order chi connectivity index (χ0) is 12.7. The standard InChI is InChI=1S/C13H14FN3O/c1-17-7-8(6-16-17)13-5-11(15)10-4-9(14)2-3-12(10)18-13/h2-4,6-7,11,13H,5,15H2,1H3. The van der Waals surface area contributed by atoms with Gasteiger partial charge in [-0.25, -0.2) is 4.39 Å². The molecule has 1 aromatic heterocycles. The first-order valence-electron chi connectivity index (χ1n) is 5.83. The number of hydrogen-bond acceptors (Lipinski definition) is 3. The molecule has 4 nitrogen and oxygen atoms in total. The molecule has 0 saturated heterocycles. The number of aryl methyl sites for hydroxylation is 1. The molecule has 1 aliphatic heterocycles. The van der Waals surface area contributed by atoms with Crippen LogP contribution in [-0.4, -0.2) is 9.78 Å². The van der Waals surface area contributed by atoms with E-state index in [1.54, 1.807) is 16.9 Å². The van der Waals surface area contributed by atoms with Crippen molar-refractivity contribution in [1.82, 2.24) is 9.78 Å². The van der Waals surface area contributed by atoms with Crippen molar-refractivity contribution >= 4 is 0 Å². The van der Waals surface area contributed by atoms with Crippen molar-refractivity contribution in [2.45, 2.75) is 18.6 Å². The quantitative estimate of drug-likeness (QED) is 0.839. The molecule has 2 N–H and O–H groups in total. The highest BCUT2D eigenvalue weighted by atomic mass is 19.1. The predicted octanol–water partition coefficient (Wildman–Crippen LogP) is 2.08. The van der Waals surface area contributed by atoms with Gasteiger partial charge in [0.05, 0.1) is 6.20 Å². The molecule has 94 valence electrons. The summed E-state index contributed by atoms with van der Waals surface area (Å²) in [6, 6.07) is 4.25. The summed E-state index contributed by atoms with van der Waals surface area (Å²) >= 11 is 0. The van der Waals surface area contributed by atoms with Crippen molar-refractivity contribution in [1.29, 1.82) is 0 Å². The van der Waals surface area contributed by atoms with Crippen molar-refractivity contribution < 1.29 is 9.13 Å². The molecule has 0 amide bonds. The second-order valence-corrected chi connectivity index (χ2v) is 4.58. The predicted molar refractivity (Wildman–Crippen MR) is 64.5 cm³/mol. The largest absolute Gasteiger partial charge is 0.485 e. The third kappa shape index (κ3) is 1.86. The van der Waals surface area contributed by atoms with Crippen LogP contribution in [0.5, 0.6) is 5.75 Å². The van der Waals surface area contributed by atoms with E-state index >= 15 is 0 Å². The molecule has 18 heavy (non-hydrogen) atoms. The van der Waals surface area contributed by atoms with Crippen LogP contribution in [0.25, 0.3) is 0 Å². The summed E-state index contributed by atoms with van der Waals surface area (Å²) < 4.78 is 20.8. The monoisotopic (exact) mass is 247 g/mol. The van der Waals surface area contributed by atoms with Crippen LogP contribution < -0.4 is 10.5 Å². The van der Waals surface area contributed by atoms with Crippen LogP contribution >= 0.6 is 0 Å². The maximum atomic E-state index is 13.2. The number of ether oxygens (including phenoxy) is 1. The number of nitrogens with zero attached hydrogens (tertiary/aromatic N) is 2. The Morgan fingerprint density at radius 2 is 2.33 bits per heavy atom. The highest BCUT2D eigenvalue weighted by molar-refractivity contribution is 5.39. The van der Waals surface area contributed by atoms with Crippen LogP contribution in [0.4, 0.5) is 4.39 Å². The van der Waals surface area contributed by atoms with Crippen molar-refractivity contribution in [2.24, 2.45) is 12.8 Å². The van der Waals surface area contributed by atoms with E-state index in [4.69, 9.17) is 10.5 Å². The number of fused-ring (bicyclic) bond motifs is 1. The Hall–Kier alpha value is -1.88. The Morgan fingerprint density at radius 1 is 1.50 bits per heavy atom. The second kappa shape index (κ2) is 4.10. The minimum absolute atomic E-state index is 0.119.